The Labute approximate surface area is 185 Å². The van der Waals surface area contributed by atoms with Gasteiger partial charge in [-0.1, -0.05) is 31.5 Å². The van der Waals surface area contributed by atoms with Gasteiger partial charge in [-0.25, -0.2) is 9.67 Å². The van der Waals surface area contributed by atoms with Crippen LogP contribution in [0.25, 0.3) is 5.69 Å². The summed E-state index contributed by atoms with van der Waals surface area (Å²) in [6, 6.07) is 11.1. The van der Waals surface area contributed by atoms with Crippen LogP contribution in [0.15, 0.2) is 49.1 Å². The lowest BCUT2D eigenvalue weighted by atomic mass is 9.95. The van der Waals surface area contributed by atoms with Gasteiger partial charge in [0.1, 0.15) is 25.9 Å². The number of halogens is 1. The highest BCUT2D eigenvalue weighted by atomic mass is 35.5. The SMILES string of the molecule is CC(C)[C@H](NCC(=O)Nc1cc(Cl)ccc1-n1cncn1)c1ccc2c(c1)OCCO2. The average molecular weight is 442 g/mol. The van der Waals surface area contributed by atoms with Crippen LogP contribution < -0.4 is 20.1 Å². The Morgan fingerprint density at radius 1 is 1.16 bits per heavy atom. The number of amides is 1. The number of carbonyl (C=O) groups excluding carboxylic acids is 1. The fourth-order valence-electron chi connectivity index (χ4n) is 3.53. The minimum atomic E-state index is -0.188. The molecule has 1 amide bonds. The number of aromatic nitrogens is 3. The van der Waals surface area contributed by atoms with Crippen molar-refractivity contribution in [2.45, 2.75) is 19.9 Å². The van der Waals surface area contributed by atoms with Crippen molar-refractivity contribution in [3.63, 3.8) is 0 Å². The molecule has 8 nitrogen and oxygen atoms in total. The summed E-state index contributed by atoms with van der Waals surface area (Å²) < 4.78 is 12.9. The van der Waals surface area contributed by atoms with Gasteiger partial charge in [-0.15, -0.1) is 0 Å². The van der Waals surface area contributed by atoms with Crippen molar-refractivity contribution < 1.29 is 14.3 Å². The quantitative estimate of drug-likeness (QED) is 0.582. The summed E-state index contributed by atoms with van der Waals surface area (Å²) in [4.78, 5) is 16.7. The number of anilines is 1. The van der Waals surface area contributed by atoms with Crippen LogP contribution in [0.4, 0.5) is 5.69 Å². The molecular formula is C22H24ClN5O3. The first kappa shape index (κ1) is 21.1. The van der Waals surface area contributed by atoms with Crippen molar-refractivity contribution in [3.05, 3.63) is 59.6 Å². The van der Waals surface area contributed by atoms with E-state index in [9.17, 15) is 4.79 Å². The van der Waals surface area contributed by atoms with E-state index in [1.54, 1.807) is 29.2 Å². The van der Waals surface area contributed by atoms with Crippen LogP contribution in [0.3, 0.4) is 0 Å². The maximum atomic E-state index is 12.7. The van der Waals surface area contributed by atoms with Gasteiger partial charge < -0.3 is 20.1 Å². The molecule has 1 aliphatic heterocycles. The molecule has 162 valence electrons. The molecule has 0 bridgehead atoms. The van der Waals surface area contributed by atoms with Crippen LogP contribution in [-0.2, 0) is 4.79 Å². The molecule has 0 fully saturated rings. The standard InChI is InChI=1S/C22H24ClN5O3/c1-14(2)22(15-3-6-19-20(9-15)31-8-7-30-19)25-11-21(29)27-17-10-16(23)4-5-18(17)28-13-24-12-26-28/h3-6,9-10,12-14,22,25H,7-8,11H2,1-2H3,(H,27,29)/t22-/m0/s1. The van der Waals surface area contributed by atoms with E-state index in [1.165, 1.54) is 6.33 Å². The Morgan fingerprint density at radius 2 is 1.97 bits per heavy atom. The van der Waals surface area contributed by atoms with Gasteiger partial charge in [0.15, 0.2) is 11.5 Å². The summed E-state index contributed by atoms with van der Waals surface area (Å²) in [6.45, 7) is 5.42. The van der Waals surface area contributed by atoms with Gasteiger partial charge in [-0.05, 0) is 41.8 Å². The number of hydrogen-bond acceptors (Lipinski definition) is 6. The molecule has 1 aliphatic rings. The van der Waals surface area contributed by atoms with Crippen LogP contribution in [-0.4, -0.2) is 40.4 Å². The molecule has 0 radical (unpaired) electrons. The molecule has 1 atom stereocenters. The predicted molar refractivity (Wildman–Crippen MR) is 118 cm³/mol. The lowest BCUT2D eigenvalue weighted by molar-refractivity contribution is -0.115. The van der Waals surface area contributed by atoms with Crippen LogP contribution in [0.5, 0.6) is 11.5 Å². The molecular weight excluding hydrogens is 418 g/mol. The summed E-state index contributed by atoms with van der Waals surface area (Å²) in [7, 11) is 0. The first-order chi connectivity index (χ1) is 15.0. The van der Waals surface area contributed by atoms with Crippen LogP contribution in [0.1, 0.15) is 25.5 Å². The summed E-state index contributed by atoms with van der Waals surface area (Å²) in [6.07, 6.45) is 3.00. The number of rotatable bonds is 7. The second-order valence-corrected chi connectivity index (χ2v) is 7.99. The normalized spacial score (nSPS) is 13.8. The minimum absolute atomic E-state index is 0.0317. The topological polar surface area (TPSA) is 90.3 Å². The largest absolute Gasteiger partial charge is 0.486 e. The lowest BCUT2D eigenvalue weighted by Gasteiger charge is -2.25. The molecule has 0 spiro atoms. The third kappa shape index (κ3) is 4.98. The van der Waals surface area contributed by atoms with Gasteiger partial charge in [0, 0.05) is 11.1 Å². The van der Waals surface area contributed by atoms with E-state index >= 15 is 0 Å². The number of carbonyl (C=O) groups is 1. The Kier molecular flexibility index (Phi) is 6.39. The van der Waals surface area contributed by atoms with Crippen LogP contribution in [0.2, 0.25) is 5.02 Å². The van der Waals surface area contributed by atoms with Gasteiger partial charge in [-0.2, -0.15) is 5.10 Å². The van der Waals surface area contributed by atoms with Crippen molar-refractivity contribution >= 4 is 23.2 Å². The minimum Gasteiger partial charge on any atom is -0.486 e. The summed E-state index contributed by atoms with van der Waals surface area (Å²) in [5, 5.41) is 10.9. The molecule has 3 aromatic rings. The van der Waals surface area contributed by atoms with Gasteiger partial charge in [-0.3, -0.25) is 4.79 Å². The Bertz CT molecular complexity index is 1060. The molecule has 0 aliphatic carbocycles. The Balaban J connectivity index is 1.46. The molecule has 4 rings (SSSR count). The average Bonchev–Trinajstić information content (AvgIpc) is 3.28. The third-order valence-corrected chi connectivity index (χ3v) is 5.21. The number of hydrogen-bond donors (Lipinski definition) is 2. The first-order valence-corrected chi connectivity index (χ1v) is 10.5. The Hall–Kier alpha value is -3.10. The first-order valence-electron chi connectivity index (χ1n) is 10.1. The van der Waals surface area contributed by atoms with E-state index in [-0.39, 0.29) is 24.4 Å². The van der Waals surface area contributed by atoms with E-state index in [4.69, 9.17) is 21.1 Å². The monoisotopic (exact) mass is 441 g/mol. The molecule has 0 unspecified atom stereocenters. The highest BCUT2D eigenvalue weighted by Gasteiger charge is 2.20. The number of benzene rings is 2. The van der Waals surface area contributed by atoms with Crippen molar-refractivity contribution in [1.82, 2.24) is 20.1 Å². The van der Waals surface area contributed by atoms with Gasteiger partial charge >= 0.3 is 0 Å². The number of ether oxygens (including phenoxy) is 2. The highest BCUT2D eigenvalue weighted by molar-refractivity contribution is 6.31. The van der Waals surface area contributed by atoms with Gasteiger partial charge in [0.25, 0.3) is 0 Å². The second kappa shape index (κ2) is 9.36. The third-order valence-electron chi connectivity index (χ3n) is 4.97. The molecule has 2 aromatic carbocycles. The zero-order chi connectivity index (χ0) is 21.8. The fourth-order valence-corrected chi connectivity index (χ4v) is 3.70. The number of fused-ring (bicyclic) bond motifs is 1. The zero-order valence-electron chi connectivity index (χ0n) is 17.3. The van der Waals surface area contributed by atoms with E-state index in [1.807, 2.05) is 18.2 Å². The van der Waals surface area contributed by atoms with Crippen molar-refractivity contribution in [2.75, 3.05) is 25.1 Å². The molecule has 2 heterocycles. The summed E-state index contributed by atoms with van der Waals surface area (Å²) in [5.74, 6) is 1.55. The molecule has 0 saturated carbocycles. The van der Waals surface area contributed by atoms with Gasteiger partial charge in [0.2, 0.25) is 5.91 Å². The van der Waals surface area contributed by atoms with Crippen LogP contribution in [0, 0.1) is 5.92 Å². The zero-order valence-corrected chi connectivity index (χ0v) is 18.1. The van der Waals surface area contributed by atoms with Crippen molar-refractivity contribution in [2.24, 2.45) is 5.92 Å². The highest BCUT2D eigenvalue weighted by Crippen LogP contribution is 2.34. The fraction of sp³-hybridized carbons (Fsp3) is 0.318. The van der Waals surface area contributed by atoms with E-state index in [0.29, 0.717) is 29.6 Å². The van der Waals surface area contributed by atoms with Crippen molar-refractivity contribution in [1.29, 1.82) is 0 Å². The molecule has 31 heavy (non-hydrogen) atoms. The molecule has 1 aromatic heterocycles. The van der Waals surface area contributed by atoms with E-state index < -0.39 is 0 Å². The second-order valence-electron chi connectivity index (χ2n) is 7.56. The lowest BCUT2D eigenvalue weighted by Crippen LogP contribution is -2.34. The Morgan fingerprint density at radius 3 is 2.71 bits per heavy atom. The predicted octanol–water partition coefficient (Wildman–Crippen LogP) is 3.62. The van der Waals surface area contributed by atoms with Gasteiger partial charge in [0.05, 0.1) is 17.9 Å². The summed E-state index contributed by atoms with van der Waals surface area (Å²) >= 11 is 6.13. The van der Waals surface area contributed by atoms with Crippen molar-refractivity contribution in [3.8, 4) is 17.2 Å². The summed E-state index contributed by atoms with van der Waals surface area (Å²) in [5.41, 5.74) is 2.28. The molecule has 2 N–H and O–H groups in total. The number of nitrogens with zero attached hydrogens (tertiary/aromatic N) is 3. The van der Waals surface area contributed by atoms with E-state index in [2.05, 4.69) is 34.6 Å². The maximum Gasteiger partial charge on any atom is 0.238 e. The van der Waals surface area contributed by atoms with Crippen LogP contribution >= 0.6 is 11.6 Å². The number of nitrogens with one attached hydrogen (secondary N) is 2. The maximum absolute atomic E-state index is 12.7. The molecule has 0 saturated heterocycles. The van der Waals surface area contributed by atoms with E-state index in [0.717, 1.165) is 17.1 Å². The molecule has 9 heteroatoms. The smallest absolute Gasteiger partial charge is 0.238 e.